The molecular weight excluding hydrogens is 243 g/mol. The number of hydrogen-bond donors (Lipinski definition) is 1. The van der Waals surface area contributed by atoms with Crippen LogP contribution in [-0.2, 0) is 7.05 Å². The van der Waals surface area contributed by atoms with Crippen molar-refractivity contribution in [3.63, 3.8) is 0 Å². The van der Waals surface area contributed by atoms with Crippen molar-refractivity contribution in [3.8, 4) is 0 Å². The lowest BCUT2D eigenvalue weighted by Crippen LogP contribution is -2.39. The summed E-state index contributed by atoms with van der Waals surface area (Å²) in [4.78, 5) is 4.20. The molecule has 1 fully saturated rings. The van der Waals surface area contributed by atoms with Crippen molar-refractivity contribution >= 4 is 17.0 Å². The Balaban J connectivity index is 1.99. The van der Waals surface area contributed by atoms with Gasteiger partial charge in [0.25, 0.3) is 0 Å². The molecule has 0 radical (unpaired) electrons. The minimum Gasteiger partial charge on any atom is -0.341 e. The van der Waals surface area contributed by atoms with Crippen LogP contribution in [0.5, 0.6) is 0 Å². The number of benzene rings is 1. The van der Waals surface area contributed by atoms with Crippen LogP contribution in [-0.4, -0.2) is 21.3 Å². The van der Waals surface area contributed by atoms with Crippen molar-refractivity contribution in [1.82, 2.24) is 9.55 Å². The minimum absolute atomic E-state index is 0.111. The van der Waals surface area contributed by atoms with Gasteiger partial charge >= 0.3 is 6.18 Å². The molecule has 1 aromatic heterocycles. The maximum atomic E-state index is 12.9. The summed E-state index contributed by atoms with van der Waals surface area (Å²) in [5.74, 6) is 0.269. The SMILES string of the molecule is Cn1c(NC2(C(F)(F)F)CC2)nc2ccccc21. The Morgan fingerprint density at radius 3 is 2.50 bits per heavy atom. The quantitative estimate of drug-likeness (QED) is 0.893. The van der Waals surface area contributed by atoms with E-state index in [0.29, 0.717) is 5.52 Å². The molecule has 1 saturated carbocycles. The van der Waals surface area contributed by atoms with Gasteiger partial charge in [0.05, 0.1) is 11.0 Å². The van der Waals surface area contributed by atoms with E-state index in [1.807, 2.05) is 18.2 Å². The first kappa shape index (κ1) is 11.4. The summed E-state index contributed by atoms with van der Waals surface area (Å²) in [6.07, 6.45) is -4.01. The molecule has 0 saturated heterocycles. The average Bonchev–Trinajstić information content (AvgIpc) is 3.02. The third kappa shape index (κ3) is 1.55. The number of hydrogen-bond acceptors (Lipinski definition) is 2. The lowest BCUT2D eigenvalue weighted by molar-refractivity contribution is -0.151. The molecule has 2 aromatic rings. The Hall–Kier alpha value is -1.72. The van der Waals surface area contributed by atoms with Crippen molar-refractivity contribution in [2.75, 3.05) is 5.32 Å². The molecule has 1 aliphatic carbocycles. The number of aromatic nitrogens is 2. The lowest BCUT2D eigenvalue weighted by atomic mass is 10.3. The van der Waals surface area contributed by atoms with Crippen molar-refractivity contribution in [1.29, 1.82) is 0 Å². The number of imidazole rings is 1. The van der Waals surface area contributed by atoms with Gasteiger partial charge in [-0.1, -0.05) is 12.1 Å². The number of aryl methyl sites for hydroxylation is 1. The van der Waals surface area contributed by atoms with Crippen LogP contribution in [0.1, 0.15) is 12.8 Å². The van der Waals surface area contributed by atoms with Gasteiger partial charge in [0.1, 0.15) is 5.54 Å². The molecule has 1 heterocycles. The van der Waals surface area contributed by atoms with Crippen molar-refractivity contribution < 1.29 is 13.2 Å². The van der Waals surface area contributed by atoms with Crippen LogP contribution < -0.4 is 5.32 Å². The van der Waals surface area contributed by atoms with Gasteiger partial charge in [-0.3, -0.25) is 0 Å². The molecule has 0 aliphatic heterocycles. The standard InChI is InChI=1S/C12H12F3N3/c1-18-9-5-3-2-4-8(9)16-10(18)17-11(6-7-11)12(13,14)15/h2-5H,6-7H2,1H3,(H,16,17). The highest BCUT2D eigenvalue weighted by atomic mass is 19.4. The molecule has 0 bridgehead atoms. The summed E-state index contributed by atoms with van der Waals surface area (Å²) in [5.41, 5.74) is -0.263. The van der Waals surface area contributed by atoms with Gasteiger partial charge < -0.3 is 9.88 Å². The molecule has 1 aromatic carbocycles. The first-order chi connectivity index (χ1) is 8.43. The van der Waals surface area contributed by atoms with E-state index in [1.165, 1.54) is 0 Å². The molecule has 1 N–H and O–H groups in total. The topological polar surface area (TPSA) is 29.9 Å². The molecular formula is C12H12F3N3. The Kier molecular flexibility index (Phi) is 2.15. The fourth-order valence-electron chi connectivity index (χ4n) is 2.08. The number of nitrogens with one attached hydrogen (secondary N) is 1. The second-order valence-corrected chi connectivity index (χ2v) is 4.69. The Morgan fingerprint density at radius 2 is 1.94 bits per heavy atom. The lowest BCUT2D eigenvalue weighted by Gasteiger charge is -2.21. The molecule has 96 valence electrons. The summed E-state index contributed by atoms with van der Waals surface area (Å²) < 4.78 is 40.3. The predicted molar refractivity (Wildman–Crippen MR) is 62.4 cm³/mol. The van der Waals surface area contributed by atoms with Crippen LogP contribution in [0.25, 0.3) is 11.0 Å². The predicted octanol–water partition coefficient (Wildman–Crippen LogP) is 3.08. The van der Waals surface area contributed by atoms with Crippen LogP contribution in [0.3, 0.4) is 0 Å². The van der Waals surface area contributed by atoms with Crippen molar-refractivity contribution in [2.24, 2.45) is 7.05 Å². The zero-order chi connectivity index (χ0) is 13.0. The van der Waals surface area contributed by atoms with E-state index in [-0.39, 0.29) is 18.8 Å². The van der Waals surface area contributed by atoms with Crippen LogP contribution in [0.15, 0.2) is 24.3 Å². The molecule has 18 heavy (non-hydrogen) atoms. The fourth-order valence-corrected chi connectivity index (χ4v) is 2.08. The van der Waals surface area contributed by atoms with Gasteiger partial charge in [-0.2, -0.15) is 13.2 Å². The van der Waals surface area contributed by atoms with Crippen molar-refractivity contribution in [2.45, 2.75) is 24.6 Å². The van der Waals surface area contributed by atoms with Crippen LogP contribution in [0, 0.1) is 0 Å². The third-order valence-electron chi connectivity index (χ3n) is 3.43. The molecule has 0 atom stereocenters. The third-order valence-corrected chi connectivity index (χ3v) is 3.43. The normalized spacial score (nSPS) is 18.0. The fraction of sp³-hybridized carbons (Fsp3) is 0.417. The van der Waals surface area contributed by atoms with Crippen LogP contribution in [0.4, 0.5) is 19.1 Å². The second-order valence-electron chi connectivity index (χ2n) is 4.69. The number of para-hydroxylation sites is 2. The monoisotopic (exact) mass is 255 g/mol. The summed E-state index contributed by atoms with van der Waals surface area (Å²) in [6, 6.07) is 7.27. The molecule has 3 nitrogen and oxygen atoms in total. The minimum atomic E-state index is -4.23. The Labute approximate surface area is 102 Å². The number of rotatable bonds is 2. The Morgan fingerprint density at radius 1 is 1.28 bits per heavy atom. The number of alkyl halides is 3. The summed E-state index contributed by atoms with van der Waals surface area (Å²) in [7, 11) is 1.71. The molecule has 0 spiro atoms. The molecule has 3 rings (SSSR count). The highest BCUT2D eigenvalue weighted by Crippen LogP contribution is 2.51. The zero-order valence-electron chi connectivity index (χ0n) is 9.75. The largest absolute Gasteiger partial charge is 0.411 e. The number of halogens is 3. The van der Waals surface area contributed by atoms with Crippen molar-refractivity contribution in [3.05, 3.63) is 24.3 Å². The number of nitrogens with zero attached hydrogens (tertiary/aromatic N) is 2. The van der Waals surface area contributed by atoms with Gasteiger partial charge in [0, 0.05) is 7.05 Å². The maximum Gasteiger partial charge on any atom is 0.411 e. The number of anilines is 1. The van der Waals surface area contributed by atoms with E-state index in [1.54, 1.807) is 17.7 Å². The maximum absolute atomic E-state index is 12.9. The average molecular weight is 255 g/mol. The first-order valence-electron chi connectivity index (χ1n) is 5.69. The van der Waals surface area contributed by atoms with E-state index in [0.717, 1.165) is 5.52 Å². The van der Waals surface area contributed by atoms with E-state index < -0.39 is 11.7 Å². The number of fused-ring (bicyclic) bond motifs is 1. The van der Waals surface area contributed by atoms with Gasteiger partial charge in [-0.25, -0.2) is 4.98 Å². The summed E-state index contributed by atoms with van der Waals surface area (Å²) >= 11 is 0. The van der Waals surface area contributed by atoms with Gasteiger partial charge in [0.15, 0.2) is 0 Å². The van der Waals surface area contributed by atoms with Gasteiger partial charge in [-0.15, -0.1) is 0 Å². The van der Waals surface area contributed by atoms with Gasteiger partial charge in [0.2, 0.25) is 5.95 Å². The summed E-state index contributed by atoms with van der Waals surface area (Å²) in [6.45, 7) is 0. The van der Waals surface area contributed by atoms with E-state index >= 15 is 0 Å². The van der Waals surface area contributed by atoms with Gasteiger partial charge in [-0.05, 0) is 25.0 Å². The highest BCUT2D eigenvalue weighted by Gasteiger charge is 2.64. The van der Waals surface area contributed by atoms with Crippen LogP contribution in [0.2, 0.25) is 0 Å². The molecule has 1 aliphatic rings. The van der Waals surface area contributed by atoms with E-state index in [4.69, 9.17) is 0 Å². The molecule has 6 heteroatoms. The molecule has 0 amide bonds. The zero-order valence-corrected chi connectivity index (χ0v) is 9.75. The second kappa shape index (κ2) is 3.40. The summed E-state index contributed by atoms with van der Waals surface area (Å²) in [5, 5.41) is 2.55. The van der Waals surface area contributed by atoms with E-state index in [2.05, 4.69) is 10.3 Å². The molecule has 0 unspecified atom stereocenters. The first-order valence-corrected chi connectivity index (χ1v) is 5.69. The van der Waals surface area contributed by atoms with Crippen LogP contribution >= 0.6 is 0 Å². The smallest absolute Gasteiger partial charge is 0.341 e. The highest BCUT2D eigenvalue weighted by molar-refractivity contribution is 5.78. The van der Waals surface area contributed by atoms with E-state index in [9.17, 15) is 13.2 Å². The Bertz CT molecular complexity index is 596.